The van der Waals surface area contributed by atoms with Crippen molar-refractivity contribution in [3.05, 3.63) is 78.3 Å². The molecule has 0 saturated carbocycles. The lowest BCUT2D eigenvalue weighted by Gasteiger charge is -2.16. The molecule has 0 aliphatic carbocycles. The molecule has 2 aromatic heterocycles. The second-order valence-corrected chi connectivity index (χ2v) is 4.32. The van der Waals surface area contributed by atoms with E-state index in [1.54, 1.807) is 12.6 Å². The van der Waals surface area contributed by atoms with Crippen LogP contribution in [0.3, 0.4) is 0 Å². The van der Waals surface area contributed by atoms with E-state index in [9.17, 15) is 0 Å². The first-order valence-electron chi connectivity index (χ1n) is 6.22. The summed E-state index contributed by atoms with van der Waals surface area (Å²) in [5.74, 6) is 0.908. The molecule has 0 radical (unpaired) electrons. The van der Waals surface area contributed by atoms with E-state index in [1.165, 1.54) is 5.56 Å². The summed E-state index contributed by atoms with van der Waals surface area (Å²) in [5.41, 5.74) is 2.23. The first-order chi connectivity index (χ1) is 9.43. The van der Waals surface area contributed by atoms with Gasteiger partial charge in [0, 0.05) is 18.4 Å². The molecule has 0 amide bonds. The van der Waals surface area contributed by atoms with Gasteiger partial charge in [0.05, 0.1) is 18.6 Å². The van der Waals surface area contributed by atoms with Crippen molar-refractivity contribution in [1.29, 1.82) is 0 Å². The molecule has 1 atom stereocenters. The van der Waals surface area contributed by atoms with Gasteiger partial charge in [-0.05, 0) is 17.7 Å². The third-order valence-electron chi connectivity index (χ3n) is 3.01. The summed E-state index contributed by atoms with van der Waals surface area (Å²) in [6, 6.07) is 14.2. The highest BCUT2D eigenvalue weighted by Gasteiger charge is 2.15. The summed E-state index contributed by atoms with van der Waals surface area (Å²) >= 11 is 0. The molecule has 3 aromatic rings. The third-order valence-corrected chi connectivity index (χ3v) is 3.01. The van der Waals surface area contributed by atoms with Crippen LogP contribution in [0.4, 0.5) is 0 Å². The highest BCUT2D eigenvalue weighted by atomic mass is 16.3. The van der Waals surface area contributed by atoms with Gasteiger partial charge < -0.3 is 9.40 Å². The first kappa shape index (κ1) is 11.7. The van der Waals surface area contributed by atoms with Gasteiger partial charge in [-0.1, -0.05) is 30.3 Å². The summed E-state index contributed by atoms with van der Waals surface area (Å²) in [4.78, 5) is 7.10. The highest BCUT2D eigenvalue weighted by Crippen LogP contribution is 2.22. The number of aromatic nitrogens is 2. The lowest BCUT2D eigenvalue weighted by Crippen LogP contribution is -2.21. The van der Waals surface area contributed by atoms with Gasteiger partial charge in [-0.25, -0.2) is 4.98 Å². The van der Waals surface area contributed by atoms with Crippen molar-refractivity contribution >= 4 is 0 Å². The fourth-order valence-electron chi connectivity index (χ4n) is 2.08. The molecule has 2 N–H and O–H groups in total. The Kier molecular flexibility index (Phi) is 3.42. The minimum absolute atomic E-state index is 0.0412. The lowest BCUT2D eigenvalue weighted by atomic mass is 10.0. The summed E-state index contributed by atoms with van der Waals surface area (Å²) < 4.78 is 5.53. The standard InChI is InChI=1S/C15H15N3O/c1-2-5-12(6-3-1)15(14-7-4-8-19-14)17-10-13-9-16-11-18-13/h1-9,11,15,17H,10H2,(H,16,18). The van der Waals surface area contributed by atoms with Crippen molar-refractivity contribution < 1.29 is 4.42 Å². The highest BCUT2D eigenvalue weighted by molar-refractivity contribution is 5.26. The predicted octanol–water partition coefficient (Wildman–Crippen LogP) is 2.88. The Morgan fingerprint density at radius 2 is 2.05 bits per heavy atom. The Labute approximate surface area is 111 Å². The smallest absolute Gasteiger partial charge is 0.125 e. The maximum absolute atomic E-state index is 5.53. The van der Waals surface area contributed by atoms with Gasteiger partial charge in [0.2, 0.25) is 0 Å². The van der Waals surface area contributed by atoms with Crippen LogP contribution in [-0.4, -0.2) is 9.97 Å². The van der Waals surface area contributed by atoms with Crippen molar-refractivity contribution in [2.45, 2.75) is 12.6 Å². The van der Waals surface area contributed by atoms with Crippen LogP contribution in [0.25, 0.3) is 0 Å². The Hall–Kier alpha value is -2.33. The summed E-state index contributed by atoms with van der Waals surface area (Å²) in [6.07, 6.45) is 5.20. The zero-order valence-electron chi connectivity index (χ0n) is 10.4. The number of imidazole rings is 1. The molecular weight excluding hydrogens is 238 g/mol. The number of aromatic amines is 1. The monoisotopic (exact) mass is 253 g/mol. The topological polar surface area (TPSA) is 53.9 Å². The molecule has 0 bridgehead atoms. The molecule has 0 aliphatic heterocycles. The lowest BCUT2D eigenvalue weighted by molar-refractivity contribution is 0.444. The minimum atomic E-state index is 0.0412. The molecular formula is C15H15N3O. The summed E-state index contributed by atoms with van der Waals surface area (Å²) in [5, 5.41) is 3.48. The Morgan fingerprint density at radius 3 is 2.74 bits per heavy atom. The van der Waals surface area contributed by atoms with E-state index in [-0.39, 0.29) is 6.04 Å². The second-order valence-electron chi connectivity index (χ2n) is 4.32. The summed E-state index contributed by atoms with van der Waals surface area (Å²) in [7, 11) is 0. The summed E-state index contributed by atoms with van der Waals surface area (Å²) in [6.45, 7) is 0.709. The zero-order valence-corrected chi connectivity index (χ0v) is 10.4. The van der Waals surface area contributed by atoms with Gasteiger partial charge in [-0.15, -0.1) is 0 Å². The maximum Gasteiger partial charge on any atom is 0.125 e. The van der Waals surface area contributed by atoms with Crippen molar-refractivity contribution in [2.75, 3.05) is 0 Å². The van der Waals surface area contributed by atoms with Crippen LogP contribution in [-0.2, 0) is 6.54 Å². The first-order valence-corrected chi connectivity index (χ1v) is 6.22. The van der Waals surface area contributed by atoms with E-state index in [2.05, 4.69) is 27.4 Å². The van der Waals surface area contributed by atoms with E-state index in [0.29, 0.717) is 6.54 Å². The van der Waals surface area contributed by atoms with Crippen molar-refractivity contribution in [1.82, 2.24) is 15.3 Å². The number of furan rings is 1. The number of rotatable bonds is 5. The molecule has 19 heavy (non-hydrogen) atoms. The van der Waals surface area contributed by atoms with E-state index >= 15 is 0 Å². The fraction of sp³-hybridized carbons (Fsp3) is 0.133. The van der Waals surface area contributed by atoms with E-state index in [0.717, 1.165) is 11.5 Å². The number of nitrogens with one attached hydrogen (secondary N) is 2. The van der Waals surface area contributed by atoms with E-state index in [4.69, 9.17) is 4.42 Å². The molecule has 0 spiro atoms. The molecule has 96 valence electrons. The van der Waals surface area contributed by atoms with Crippen LogP contribution in [0.5, 0.6) is 0 Å². The second kappa shape index (κ2) is 5.54. The van der Waals surface area contributed by atoms with E-state index in [1.807, 2.05) is 36.5 Å². The number of nitrogens with zero attached hydrogens (tertiary/aromatic N) is 1. The van der Waals surface area contributed by atoms with Crippen molar-refractivity contribution in [2.24, 2.45) is 0 Å². The van der Waals surface area contributed by atoms with Crippen LogP contribution in [0.15, 0.2) is 65.7 Å². The molecule has 4 heteroatoms. The minimum Gasteiger partial charge on any atom is -0.467 e. The maximum atomic E-state index is 5.53. The van der Waals surface area contributed by atoms with Crippen LogP contribution >= 0.6 is 0 Å². The number of hydrogen-bond acceptors (Lipinski definition) is 3. The van der Waals surface area contributed by atoms with Gasteiger partial charge in [0.1, 0.15) is 5.76 Å². The largest absolute Gasteiger partial charge is 0.467 e. The van der Waals surface area contributed by atoms with Crippen LogP contribution in [0.1, 0.15) is 23.1 Å². The molecule has 4 nitrogen and oxygen atoms in total. The van der Waals surface area contributed by atoms with Crippen LogP contribution in [0.2, 0.25) is 0 Å². The number of H-pyrrole nitrogens is 1. The normalized spacial score (nSPS) is 12.4. The van der Waals surface area contributed by atoms with Crippen molar-refractivity contribution in [3.8, 4) is 0 Å². The van der Waals surface area contributed by atoms with Crippen LogP contribution in [0, 0.1) is 0 Å². The van der Waals surface area contributed by atoms with Gasteiger partial charge in [-0.3, -0.25) is 5.32 Å². The van der Waals surface area contributed by atoms with E-state index < -0.39 is 0 Å². The average molecular weight is 253 g/mol. The zero-order chi connectivity index (χ0) is 12.9. The molecule has 0 aliphatic rings. The fourth-order valence-corrected chi connectivity index (χ4v) is 2.08. The molecule has 0 saturated heterocycles. The Balaban J connectivity index is 1.81. The van der Waals surface area contributed by atoms with Gasteiger partial charge in [0.15, 0.2) is 0 Å². The predicted molar refractivity (Wildman–Crippen MR) is 72.4 cm³/mol. The third kappa shape index (κ3) is 2.74. The van der Waals surface area contributed by atoms with Crippen LogP contribution < -0.4 is 5.32 Å². The molecule has 1 unspecified atom stereocenters. The van der Waals surface area contributed by atoms with Gasteiger partial charge in [0.25, 0.3) is 0 Å². The van der Waals surface area contributed by atoms with Crippen molar-refractivity contribution in [3.63, 3.8) is 0 Å². The van der Waals surface area contributed by atoms with Gasteiger partial charge >= 0.3 is 0 Å². The Bertz CT molecular complexity index is 588. The SMILES string of the molecule is c1ccc(C(NCc2cnc[nH]2)c2ccco2)cc1. The molecule has 2 heterocycles. The molecule has 0 fully saturated rings. The Morgan fingerprint density at radius 1 is 1.16 bits per heavy atom. The quantitative estimate of drug-likeness (QED) is 0.735. The average Bonchev–Trinajstić information content (AvgIpc) is 3.13. The van der Waals surface area contributed by atoms with Gasteiger partial charge in [-0.2, -0.15) is 0 Å². The number of benzene rings is 1. The molecule has 3 rings (SSSR count). The molecule has 1 aromatic carbocycles. The number of hydrogen-bond donors (Lipinski definition) is 2.